The monoisotopic (exact) mass is 435 g/mol. The van der Waals surface area contributed by atoms with Crippen molar-refractivity contribution in [3.8, 4) is 17.6 Å². The highest BCUT2D eigenvalue weighted by molar-refractivity contribution is 5.73. The number of aromatic nitrogens is 6. The molecule has 4 aromatic heterocycles. The first-order chi connectivity index (χ1) is 15.6. The second-order valence-corrected chi connectivity index (χ2v) is 8.19. The molecule has 1 saturated carbocycles. The van der Waals surface area contributed by atoms with Crippen molar-refractivity contribution in [3.63, 3.8) is 0 Å². The molecule has 1 aliphatic carbocycles. The van der Waals surface area contributed by atoms with Crippen LogP contribution in [0.1, 0.15) is 38.1 Å². The zero-order chi connectivity index (χ0) is 22.2. The summed E-state index contributed by atoms with van der Waals surface area (Å²) < 4.78 is 18.6. The molecular formula is C22H22FN7O2. The summed E-state index contributed by atoms with van der Waals surface area (Å²) in [7, 11) is 0. The van der Waals surface area contributed by atoms with Crippen molar-refractivity contribution in [2.24, 2.45) is 5.92 Å². The third-order valence-electron chi connectivity index (χ3n) is 6.29. The van der Waals surface area contributed by atoms with Crippen molar-refractivity contribution in [1.82, 2.24) is 28.5 Å². The quantitative estimate of drug-likeness (QED) is 0.516. The average Bonchev–Trinajstić information content (AvgIpc) is 3.33. The normalized spacial score (nSPS) is 18.9. The Morgan fingerprint density at radius 3 is 2.75 bits per heavy atom. The van der Waals surface area contributed by atoms with Crippen LogP contribution in [0, 0.1) is 23.1 Å². The van der Waals surface area contributed by atoms with E-state index < -0.39 is 5.82 Å². The van der Waals surface area contributed by atoms with E-state index in [1.807, 2.05) is 0 Å². The summed E-state index contributed by atoms with van der Waals surface area (Å²) in [4.78, 5) is 26.7. The molecule has 0 aromatic carbocycles. The number of hydrogen-bond donors (Lipinski definition) is 1. The first-order valence-corrected chi connectivity index (χ1v) is 10.7. The van der Waals surface area contributed by atoms with Gasteiger partial charge in [-0.3, -0.25) is 13.5 Å². The van der Waals surface area contributed by atoms with Gasteiger partial charge in [0.15, 0.2) is 11.5 Å². The van der Waals surface area contributed by atoms with Crippen molar-refractivity contribution in [2.45, 2.75) is 44.7 Å². The summed E-state index contributed by atoms with van der Waals surface area (Å²) in [6, 6.07) is 5.11. The predicted octanol–water partition coefficient (Wildman–Crippen LogP) is 2.68. The molecule has 1 N–H and O–H groups in total. The molecule has 4 aromatic rings. The van der Waals surface area contributed by atoms with E-state index in [1.165, 1.54) is 16.8 Å². The van der Waals surface area contributed by atoms with Crippen LogP contribution in [0.2, 0.25) is 0 Å². The zero-order valence-corrected chi connectivity index (χ0v) is 17.4. The standard InChI is InChI=1S/C22H22FN7O2/c23-15-3-6-19-25-11-17(29(19)13-15)20-26-12-18-21(27-20)30(22(32)28(18)9-10-31)16-4-1-14(2-5-16)7-8-24/h3,6,11-14,16,31H,1-2,4-5,7,9-10H2. The van der Waals surface area contributed by atoms with Crippen LogP contribution in [0.4, 0.5) is 4.39 Å². The lowest BCUT2D eigenvalue weighted by Gasteiger charge is -2.27. The third-order valence-corrected chi connectivity index (χ3v) is 6.29. The Labute approximate surface area is 182 Å². The number of halogens is 1. The number of pyridine rings is 1. The molecule has 164 valence electrons. The fourth-order valence-corrected chi connectivity index (χ4v) is 4.68. The lowest BCUT2D eigenvalue weighted by atomic mass is 9.84. The highest BCUT2D eigenvalue weighted by Gasteiger charge is 2.27. The molecule has 1 aliphatic rings. The maximum absolute atomic E-state index is 13.8. The van der Waals surface area contributed by atoms with Gasteiger partial charge in [-0.25, -0.2) is 24.1 Å². The Morgan fingerprint density at radius 2 is 2.00 bits per heavy atom. The van der Waals surface area contributed by atoms with E-state index in [4.69, 9.17) is 10.2 Å². The van der Waals surface area contributed by atoms with Crippen LogP contribution in [-0.2, 0) is 6.54 Å². The first-order valence-electron chi connectivity index (χ1n) is 10.7. The number of fused-ring (bicyclic) bond motifs is 2. The van der Waals surface area contributed by atoms with Gasteiger partial charge in [-0.15, -0.1) is 0 Å². The summed E-state index contributed by atoms with van der Waals surface area (Å²) in [6.45, 7) is -0.0299. The van der Waals surface area contributed by atoms with E-state index in [-0.39, 0.29) is 24.9 Å². The number of nitriles is 1. The summed E-state index contributed by atoms with van der Waals surface area (Å²) in [5.41, 5.74) is 1.90. The largest absolute Gasteiger partial charge is 0.395 e. The second kappa shape index (κ2) is 8.16. The predicted molar refractivity (Wildman–Crippen MR) is 114 cm³/mol. The Bertz CT molecular complexity index is 1390. The molecule has 4 heterocycles. The van der Waals surface area contributed by atoms with E-state index in [0.29, 0.717) is 40.7 Å². The Balaban J connectivity index is 1.63. The molecule has 9 nitrogen and oxygen atoms in total. The van der Waals surface area contributed by atoms with Crippen LogP contribution >= 0.6 is 0 Å². The minimum atomic E-state index is -0.405. The Kier molecular flexibility index (Phi) is 5.19. The minimum Gasteiger partial charge on any atom is -0.395 e. The van der Waals surface area contributed by atoms with Gasteiger partial charge >= 0.3 is 5.69 Å². The molecule has 0 saturated heterocycles. The summed E-state index contributed by atoms with van der Waals surface area (Å²) >= 11 is 0. The second-order valence-electron chi connectivity index (χ2n) is 8.19. The SMILES string of the molecule is N#CCC1CCC(n2c(=O)n(CCO)c3cnc(-c4cnc5ccc(F)cn45)nc32)CC1. The van der Waals surface area contributed by atoms with Crippen molar-refractivity contribution in [3.05, 3.63) is 47.0 Å². The molecule has 0 unspecified atom stereocenters. The molecule has 0 radical (unpaired) electrons. The fraction of sp³-hybridized carbons (Fsp3) is 0.409. The summed E-state index contributed by atoms with van der Waals surface area (Å²) in [5, 5.41) is 18.5. The van der Waals surface area contributed by atoms with Crippen molar-refractivity contribution < 1.29 is 9.50 Å². The van der Waals surface area contributed by atoms with Gasteiger partial charge in [0.25, 0.3) is 0 Å². The van der Waals surface area contributed by atoms with Crippen LogP contribution in [0.25, 0.3) is 28.3 Å². The lowest BCUT2D eigenvalue weighted by Crippen LogP contribution is -2.30. The van der Waals surface area contributed by atoms with Crippen molar-refractivity contribution in [1.29, 1.82) is 5.26 Å². The van der Waals surface area contributed by atoms with Crippen LogP contribution in [-0.4, -0.2) is 40.2 Å². The van der Waals surface area contributed by atoms with Crippen molar-refractivity contribution >= 4 is 16.8 Å². The Hall–Kier alpha value is -3.58. The van der Waals surface area contributed by atoms with Crippen LogP contribution < -0.4 is 5.69 Å². The van der Waals surface area contributed by atoms with Crippen LogP contribution in [0.3, 0.4) is 0 Å². The van der Waals surface area contributed by atoms with E-state index >= 15 is 0 Å². The molecule has 5 rings (SSSR count). The van der Waals surface area contributed by atoms with Crippen LogP contribution in [0.5, 0.6) is 0 Å². The maximum atomic E-state index is 13.8. The molecule has 1 fully saturated rings. The number of aliphatic hydroxyl groups is 1. The molecule has 32 heavy (non-hydrogen) atoms. The molecule has 0 amide bonds. The zero-order valence-electron chi connectivity index (χ0n) is 17.4. The summed E-state index contributed by atoms with van der Waals surface area (Å²) in [5.74, 6) is 0.289. The van der Waals surface area contributed by atoms with Crippen LogP contribution in [0.15, 0.2) is 35.5 Å². The van der Waals surface area contributed by atoms with E-state index in [2.05, 4.69) is 16.0 Å². The number of imidazole rings is 2. The van der Waals surface area contributed by atoms with Gasteiger partial charge in [-0.05, 0) is 43.7 Å². The van der Waals surface area contributed by atoms with Gasteiger partial charge < -0.3 is 5.11 Å². The average molecular weight is 435 g/mol. The maximum Gasteiger partial charge on any atom is 0.330 e. The minimum absolute atomic E-state index is 0.0396. The number of nitrogens with zero attached hydrogens (tertiary/aromatic N) is 7. The Morgan fingerprint density at radius 1 is 1.19 bits per heavy atom. The fourth-order valence-electron chi connectivity index (χ4n) is 4.68. The molecule has 0 bridgehead atoms. The van der Waals surface area contributed by atoms with Gasteiger partial charge in [0, 0.05) is 18.7 Å². The first kappa shape index (κ1) is 20.3. The third kappa shape index (κ3) is 3.35. The molecule has 0 atom stereocenters. The molecule has 0 aliphatic heterocycles. The van der Waals surface area contributed by atoms with Gasteiger partial charge in [-0.2, -0.15) is 5.26 Å². The molecule has 0 spiro atoms. The number of hydrogen-bond acceptors (Lipinski definition) is 6. The molecule has 10 heteroatoms. The van der Waals surface area contributed by atoms with E-state index in [9.17, 15) is 14.3 Å². The highest BCUT2D eigenvalue weighted by Crippen LogP contribution is 2.34. The number of rotatable bonds is 5. The van der Waals surface area contributed by atoms with Gasteiger partial charge in [0.2, 0.25) is 0 Å². The van der Waals surface area contributed by atoms with Crippen molar-refractivity contribution in [2.75, 3.05) is 6.61 Å². The molecular weight excluding hydrogens is 413 g/mol. The lowest BCUT2D eigenvalue weighted by molar-refractivity contribution is 0.264. The van der Waals surface area contributed by atoms with Gasteiger partial charge in [0.05, 0.1) is 31.6 Å². The van der Waals surface area contributed by atoms with E-state index in [0.717, 1.165) is 25.7 Å². The smallest absolute Gasteiger partial charge is 0.330 e. The van der Waals surface area contributed by atoms with Gasteiger partial charge in [-0.1, -0.05) is 0 Å². The van der Waals surface area contributed by atoms with E-state index in [1.54, 1.807) is 27.4 Å². The highest BCUT2D eigenvalue weighted by atomic mass is 19.1. The topological polar surface area (TPSA) is 114 Å². The van der Waals surface area contributed by atoms with Gasteiger partial charge in [0.1, 0.15) is 22.7 Å². The summed E-state index contributed by atoms with van der Waals surface area (Å²) in [6.07, 6.45) is 8.33. The number of aliphatic hydroxyl groups excluding tert-OH is 1.